The monoisotopic (exact) mass is 341 g/mol. The van der Waals surface area contributed by atoms with E-state index in [0.717, 1.165) is 10.6 Å². The summed E-state index contributed by atoms with van der Waals surface area (Å²) in [6.07, 6.45) is 0.460. The van der Waals surface area contributed by atoms with Gasteiger partial charge in [0.1, 0.15) is 0 Å². The molecule has 3 N–H and O–H groups in total. The Labute approximate surface area is 133 Å². The Morgan fingerprint density at radius 3 is 2.57 bits per heavy atom. The molecule has 2 rings (SSSR count). The molecule has 8 heteroatoms. The van der Waals surface area contributed by atoms with Gasteiger partial charge in [0.15, 0.2) is 0 Å². The minimum Gasteiger partial charge on any atom is -0.393 e. The molecule has 0 radical (unpaired) electrons. The molecule has 0 fully saturated rings. The van der Waals surface area contributed by atoms with Crippen molar-refractivity contribution in [1.82, 2.24) is 9.71 Å². The maximum atomic E-state index is 12.2. The molecule has 0 saturated carbocycles. The van der Waals surface area contributed by atoms with Crippen LogP contribution in [0.2, 0.25) is 0 Å². The summed E-state index contributed by atoms with van der Waals surface area (Å²) in [5, 5.41) is 2.75. The number of nitrogens with two attached hydrogens (primary N) is 1. The molecule has 2 aromatic rings. The zero-order chi connectivity index (χ0) is 15.5. The second-order valence-corrected chi connectivity index (χ2v) is 7.82. The van der Waals surface area contributed by atoms with Crippen molar-refractivity contribution >= 4 is 38.6 Å². The molecule has 0 saturated heterocycles. The third-order valence-electron chi connectivity index (χ3n) is 2.72. The van der Waals surface area contributed by atoms with Crippen molar-refractivity contribution in [3.05, 3.63) is 45.9 Å². The quantitative estimate of drug-likeness (QED) is 0.782. The van der Waals surface area contributed by atoms with Crippen molar-refractivity contribution in [2.24, 2.45) is 5.73 Å². The molecule has 112 valence electrons. The number of nitrogens with one attached hydrogen (secondary N) is 1. The molecule has 1 heterocycles. The predicted molar refractivity (Wildman–Crippen MR) is 87.8 cm³/mol. The first-order valence-corrected chi connectivity index (χ1v) is 8.92. The minimum absolute atomic E-state index is 0.182. The largest absolute Gasteiger partial charge is 0.393 e. The van der Waals surface area contributed by atoms with Crippen LogP contribution >= 0.6 is 23.6 Å². The minimum atomic E-state index is -3.54. The number of hydrogen-bond acceptors (Lipinski definition) is 5. The first kappa shape index (κ1) is 16.0. The van der Waals surface area contributed by atoms with Crippen LogP contribution in [0.25, 0.3) is 0 Å². The lowest BCUT2D eigenvalue weighted by Gasteiger charge is -2.06. The maximum Gasteiger partial charge on any atom is 0.240 e. The molecule has 0 atom stereocenters. The van der Waals surface area contributed by atoms with E-state index < -0.39 is 10.0 Å². The number of thiocarbonyl (C=S) groups is 1. The van der Waals surface area contributed by atoms with E-state index >= 15 is 0 Å². The van der Waals surface area contributed by atoms with Gasteiger partial charge < -0.3 is 5.73 Å². The summed E-state index contributed by atoms with van der Waals surface area (Å²) in [7, 11) is -3.54. The zero-order valence-corrected chi connectivity index (χ0v) is 13.8. The predicted octanol–water partition coefficient (Wildman–Crippen LogP) is 1.76. The van der Waals surface area contributed by atoms with Crippen LogP contribution in [0.5, 0.6) is 0 Å². The van der Waals surface area contributed by atoms with Gasteiger partial charge in [-0.25, -0.2) is 18.1 Å². The number of hydrogen-bond donors (Lipinski definition) is 2. The lowest BCUT2D eigenvalue weighted by atomic mass is 10.1. The number of aromatic nitrogens is 1. The van der Waals surface area contributed by atoms with E-state index in [0.29, 0.717) is 17.1 Å². The fourth-order valence-electron chi connectivity index (χ4n) is 1.73. The van der Waals surface area contributed by atoms with Crippen molar-refractivity contribution in [3.8, 4) is 0 Å². The van der Waals surface area contributed by atoms with Crippen LogP contribution in [0.1, 0.15) is 16.3 Å². The number of rotatable bonds is 6. The highest BCUT2D eigenvalue weighted by Crippen LogP contribution is 2.13. The highest BCUT2D eigenvalue weighted by molar-refractivity contribution is 7.89. The Hall–Kier alpha value is -1.35. The van der Waals surface area contributed by atoms with E-state index in [2.05, 4.69) is 9.71 Å². The second kappa shape index (κ2) is 6.61. The summed E-state index contributed by atoms with van der Waals surface area (Å²) in [4.78, 5) is 4.80. The Kier molecular flexibility index (Phi) is 5.04. The summed E-state index contributed by atoms with van der Waals surface area (Å²) in [5.41, 5.74) is 7.06. The van der Waals surface area contributed by atoms with Gasteiger partial charge in [0, 0.05) is 11.8 Å². The summed E-state index contributed by atoms with van der Waals surface area (Å²) >= 11 is 6.31. The Morgan fingerprint density at radius 1 is 1.38 bits per heavy atom. The Morgan fingerprint density at radius 2 is 2.05 bits per heavy atom. The van der Waals surface area contributed by atoms with Crippen LogP contribution in [0.3, 0.4) is 0 Å². The van der Waals surface area contributed by atoms with Gasteiger partial charge >= 0.3 is 0 Å². The van der Waals surface area contributed by atoms with Gasteiger partial charge in [0.2, 0.25) is 10.0 Å². The molecule has 0 aliphatic rings. The summed E-state index contributed by atoms with van der Waals surface area (Å²) in [6.45, 7) is 2.06. The van der Waals surface area contributed by atoms with E-state index in [1.54, 1.807) is 24.3 Å². The van der Waals surface area contributed by atoms with Gasteiger partial charge in [0.05, 0.1) is 27.1 Å². The lowest BCUT2D eigenvalue weighted by molar-refractivity contribution is 0.580. The molecule has 1 aromatic carbocycles. The van der Waals surface area contributed by atoms with Crippen molar-refractivity contribution in [2.75, 3.05) is 0 Å². The van der Waals surface area contributed by atoms with Gasteiger partial charge in [-0.15, -0.1) is 11.3 Å². The molecule has 0 amide bonds. The van der Waals surface area contributed by atoms with Crippen LogP contribution in [-0.4, -0.2) is 18.4 Å². The second-order valence-electron chi connectivity index (χ2n) is 4.47. The van der Waals surface area contributed by atoms with E-state index in [4.69, 9.17) is 18.0 Å². The molecule has 0 spiro atoms. The van der Waals surface area contributed by atoms with E-state index in [9.17, 15) is 8.42 Å². The first-order chi connectivity index (χ1) is 9.87. The van der Waals surface area contributed by atoms with Crippen LogP contribution < -0.4 is 10.5 Å². The zero-order valence-electron chi connectivity index (χ0n) is 11.4. The van der Waals surface area contributed by atoms with Crippen LogP contribution in [-0.2, 0) is 23.0 Å². The van der Waals surface area contributed by atoms with Gasteiger partial charge in [0.25, 0.3) is 0 Å². The molecular weight excluding hydrogens is 326 g/mol. The van der Waals surface area contributed by atoms with Crippen molar-refractivity contribution in [2.45, 2.75) is 24.8 Å². The number of thiazole rings is 1. The normalized spacial score (nSPS) is 11.5. The molecule has 0 unspecified atom stereocenters. The first-order valence-electron chi connectivity index (χ1n) is 6.15. The third kappa shape index (κ3) is 4.57. The average molecular weight is 341 g/mol. The number of aryl methyl sites for hydroxylation is 1. The highest BCUT2D eigenvalue weighted by atomic mass is 32.2. The number of benzene rings is 1. The van der Waals surface area contributed by atoms with Gasteiger partial charge in [-0.1, -0.05) is 24.4 Å². The number of nitrogens with zero attached hydrogens (tertiary/aromatic N) is 1. The summed E-state index contributed by atoms with van der Waals surface area (Å²) < 4.78 is 26.9. The summed E-state index contributed by atoms with van der Waals surface area (Å²) in [6, 6.07) is 6.51. The smallest absolute Gasteiger partial charge is 0.240 e. The topological polar surface area (TPSA) is 85.1 Å². The fraction of sp³-hybridized carbons (Fsp3) is 0.231. The van der Waals surface area contributed by atoms with E-state index in [1.165, 1.54) is 11.3 Å². The summed E-state index contributed by atoms with van der Waals surface area (Å²) in [5.74, 6) is 0. The fourth-order valence-corrected chi connectivity index (χ4v) is 3.51. The highest BCUT2D eigenvalue weighted by Gasteiger charge is 2.14. The molecule has 0 aliphatic carbocycles. The van der Waals surface area contributed by atoms with Gasteiger partial charge in [-0.05, 0) is 24.6 Å². The van der Waals surface area contributed by atoms with Gasteiger partial charge in [-0.3, -0.25) is 0 Å². The van der Waals surface area contributed by atoms with Crippen LogP contribution in [0.4, 0.5) is 0 Å². The molecule has 0 aliphatic heterocycles. The Balaban J connectivity index is 2.06. The molecule has 1 aromatic heterocycles. The Bertz CT molecular complexity index is 736. The third-order valence-corrected chi connectivity index (χ3v) is 5.11. The van der Waals surface area contributed by atoms with Crippen molar-refractivity contribution in [3.63, 3.8) is 0 Å². The average Bonchev–Trinajstić information content (AvgIpc) is 2.82. The van der Waals surface area contributed by atoms with Crippen molar-refractivity contribution in [1.29, 1.82) is 0 Å². The van der Waals surface area contributed by atoms with Gasteiger partial charge in [-0.2, -0.15) is 0 Å². The van der Waals surface area contributed by atoms with E-state index in [-0.39, 0.29) is 11.4 Å². The van der Waals surface area contributed by atoms with E-state index in [1.807, 2.05) is 12.3 Å². The maximum absolute atomic E-state index is 12.2. The van der Waals surface area contributed by atoms with Crippen LogP contribution in [0.15, 0.2) is 34.5 Å². The molecule has 5 nitrogen and oxygen atoms in total. The number of sulfonamides is 1. The SMILES string of the molecule is Cc1nc(CNS(=O)(=O)c2ccc(CC(N)=S)cc2)cs1. The molecule has 21 heavy (non-hydrogen) atoms. The van der Waals surface area contributed by atoms with Crippen LogP contribution in [0, 0.1) is 6.92 Å². The standard InChI is InChI=1S/C13H15N3O2S3/c1-9-16-11(8-20-9)7-15-21(17,18)12-4-2-10(3-5-12)6-13(14)19/h2-5,8,15H,6-7H2,1H3,(H2,14,19). The molecule has 0 bridgehead atoms. The molecular formula is C13H15N3O2S3. The van der Waals surface area contributed by atoms with Crippen molar-refractivity contribution < 1.29 is 8.42 Å². The lowest BCUT2D eigenvalue weighted by Crippen LogP contribution is -2.23.